The van der Waals surface area contributed by atoms with Crippen molar-refractivity contribution < 1.29 is 0 Å². The maximum atomic E-state index is 5.70. The molecule has 0 bridgehead atoms. The van der Waals surface area contributed by atoms with Crippen molar-refractivity contribution in [1.82, 2.24) is 19.1 Å². The lowest BCUT2D eigenvalue weighted by Crippen LogP contribution is -2.05. The number of halogens is 1. The third-order valence-corrected chi connectivity index (χ3v) is 4.26. The third kappa shape index (κ3) is 1.87. The zero-order valence-corrected chi connectivity index (χ0v) is 13.3. The molecule has 3 aromatic rings. The summed E-state index contributed by atoms with van der Waals surface area (Å²) in [5.74, 6) is 1.85. The highest BCUT2D eigenvalue weighted by molar-refractivity contribution is 9.10. The second-order valence-corrected chi connectivity index (χ2v) is 5.60. The van der Waals surface area contributed by atoms with E-state index < -0.39 is 0 Å². The lowest BCUT2D eigenvalue weighted by Gasteiger charge is -2.06. The summed E-state index contributed by atoms with van der Waals surface area (Å²) >= 11 is 3.52. The van der Waals surface area contributed by atoms with Crippen LogP contribution in [0.2, 0.25) is 0 Å². The van der Waals surface area contributed by atoms with E-state index in [2.05, 4.69) is 48.7 Å². The summed E-state index contributed by atoms with van der Waals surface area (Å²) in [4.78, 5) is 9.02. The summed E-state index contributed by atoms with van der Waals surface area (Å²) in [6, 6.07) is 6.27. The fourth-order valence-electron chi connectivity index (χ4n) is 2.47. The van der Waals surface area contributed by atoms with Gasteiger partial charge in [-0.1, -0.05) is 6.07 Å². The van der Waals surface area contributed by atoms with Gasteiger partial charge in [-0.3, -0.25) is 0 Å². The van der Waals surface area contributed by atoms with Gasteiger partial charge >= 0.3 is 0 Å². The van der Waals surface area contributed by atoms with Crippen LogP contribution in [0.3, 0.4) is 0 Å². The smallest absolute Gasteiger partial charge is 0.132 e. The summed E-state index contributed by atoms with van der Waals surface area (Å²) in [6.07, 6.45) is 0. The summed E-state index contributed by atoms with van der Waals surface area (Å²) in [7, 11) is 4.00. The van der Waals surface area contributed by atoms with Crippen LogP contribution in [0.1, 0.15) is 11.6 Å². The number of aromatic nitrogens is 4. The van der Waals surface area contributed by atoms with Crippen LogP contribution >= 0.6 is 15.9 Å². The molecule has 3 rings (SSSR count). The van der Waals surface area contributed by atoms with Crippen molar-refractivity contribution in [3.8, 4) is 11.3 Å². The monoisotopic (exact) mass is 333 g/mol. The van der Waals surface area contributed by atoms with E-state index in [1.807, 2.05) is 25.6 Å². The summed E-state index contributed by atoms with van der Waals surface area (Å²) in [5.41, 5.74) is 9.93. The van der Waals surface area contributed by atoms with Crippen molar-refractivity contribution in [3.63, 3.8) is 0 Å². The number of aryl methyl sites for hydroxylation is 2. The average molecular weight is 334 g/mol. The van der Waals surface area contributed by atoms with E-state index in [0.717, 1.165) is 38.5 Å². The van der Waals surface area contributed by atoms with Crippen LogP contribution in [0.25, 0.3) is 22.3 Å². The fourth-order valence-corrected chi connectivity index (χ4v) is 3.17. The minimum absolute atomic E-state index is 0.417. The Hall–Kier alpha value is -1.66. The number of nitrogens with two attached hydrogens (primary N) is 1. The first-order valence-electron chi connectivity index (χ1n) is 6.37. The topological polar surface area (TPSA) is 61.7 Å². The van der Waals surface area contributed by atoms with Crippen molar-refractivity contribution in [2.45, 2.75) is 13.5 Å². The lowest BCUT2D eigenvalue weighted by atomic mass is 10.1. The Balaban J connectivity index is 2.22. The first kappa shape index (κ1) is 13.3. The molecule has 0 aliphatic rings. The van der Waals surface area contributed by atoms with Crippen molar-refractivity contribution >= 4 is 27.0 Å². The molecule has 0 fully saturated rings. The predicted molar refractivity (Wildman–Crippen MR) is 83.2 cm³/mol. The number of nitrogens with zero attached hydrogens (tertiary/aromatic N) is 4. The molecular weight excluding hydrogens is 318 g/mol. The van der Waals surface area contributed by atoms with Gasteiger partial charge in [0.1, 0.15) is 16.3 Å². The lowest BCUT2D eigenvalue weighted by molar-refractivity contribution is 0.798. The Bertz CT molecular complexity index is 800. The van der Waals surface area contributed by atoms with E-state index in [9.17, 15) is 0 Å². The van der Waals surface area contributed by atoms with Gasteiger partial charge < -0.3 is 14.9 Å². The molecule has 0 aliphatic heterocycles. The number of benzene rings is 1. The van der Waals surface area contributed by atoms with E-state index >= 15 is 0 Å². The van der Waals surface area contributed by atoms with Gasteiger partial charge in [-0.2, -0.15) is 0 Å². The van der Waals surface area contributed by atoms with Gasteiger partial charge in [-0.15, -0.1) is 0 Å². The summed E-state index contributed by atoms with van der Waals surface area (Å²) in [5, 5.41) is 0. The van der Waals surface area contributed by atoms with E-state index in [0.29, 0.717) is 6.54 Å². The standard InChI is InChI=1S/C14H16BrN5/c1-8-17-10-6-9(4-5-11(10)19(8)2)13-14(15)18-12(7-16)20(13)3/h4-6H,7,16H2,1-3H3. The zero-order chi connectivity index (χ0) is 14.4. The molecule has 104 valence electrons. The number of fused-ring (bicyclic) bond motifs is 1. The first-order valence-corrected chi connectivity index (χ1v) is 7.17. The molecular formula is C14H16BrN5. The third-order valence-electron chi connectivity index (χ3n) is 3.71. The van der Waals surface area contributed by atoms with E-state index in [1.165, 1.54) is 0 Å². The van der Waals surface area contributed by atoms with E-state index in [-0.39, 0.29) is 0 Å². The molecule has 0 unspecified atom stereocenters. The molecule has 2 heterocycles. The molecule has 2 N–H and O–H groups in total. The Kier molecular flexibility index (Phi) is 3.14. The van der Waals surface area contributed by atoms with Crippen molar-refractivity contribution in [3.05, 3.63) is 34.5 Å². The Morgan fingerprint density at radius 1 is 1.20 bits per heavy atom. The first-order chi connectivity index (χ1) is 9.52. The molecule has 0 amide bonds. The SMILES string of the molecule is Cc1nc2cc(-c3c(Br)nc(CN)n3C)ccc2n1C. The van der Waals surface area contributed by atoms with E-state index in [4.69, 9.17) is 5.73 Å². The minimum Gasteiger partial charge on any atom is -0.331 e. The van der Waals surface area contributed by atoms with Gasteiger partial charge in [-0.05, 0) is 35.0 Å². The molecule has 5 nitrogen and oxygen atoms in total. The maximum Gasteiger partial charge on any atom is 0.132 e. The van der Waals surface area contributed by atoms with Crippen LogP contribution in [0.4, 0.5) is 0 Å². The van der Waals surface area contributed by atoms with Crippen LogP contribution in [0.15, 0.2) is 22.8 Å². The molecule has 1 aromatic carbocycles. The number of imidazole rings is 2. The summed E-state index contributed by atoms with van der Waals surface area (Å²) in [6.45, 7) is 2.42. The molecule has 20 heavy (non-hydrogen) atoms. The Morgan fingerprint density at radius 2 is 1.95 bits per heavy atom. The quantitative estimate of drug-likeness (QED) is 0.783. The zero-order valence-electron chi connectivity index (χ0n) is 11.7. The Labute approximate surface area is 125 Å². The van der Waals surface area contributed by atoms with Gasteiger partial charge in [0.15, 0.2) is 0 Å². The largest absolute Gasteiger partial charge is 0.331 e. The van der Waals surface area contributed by atoms with Gasteiger partial charge in [0.2, 0.25) is 0 Å². The second kappa shape index (κ2) is 4.71. The average Bonchev–Trinajstić information content (AvgIpc) is 2.87. The van der Waals surface area contributed by atoms with Crippen LogP contribution in [-0.4, -0.2) is 19.1 Å². The van der Waals surface area contributed by atoms with Gasteiger partial charge in [-0.25, -0.2) is 9.97 Å². The highest BCUT2D eigenvalue weighted by Crippen LogP contribution is 2.30. The second-order valence-electron chi connectivity index (χ2n) is 4.85. The summed E-state index contributed by atoms with van der Waals surface area (Å²) < 4.78 is 4.91. The van der Waals surface area contributed by atoms with Gasteiger partial charge in [0.25, 0.3) is 0 Å². The van der Waals surface area contributed by atoms with Crippen molar-refractivity contribution in [1.29, 1.82) is 0 Å². The van der Waals surface area contributed by atoms with Crippen molar-refractivity contribution in [2.24, 2.45) is 19.8 Å². The van der Waals surface area contributed by atoms with Crippen molar-refractivity contribution in [2.75, 3.05) is 0 Å². The number of hydrogen-bond acceptors (Lipinski definition) is 3. The highest BCUT2D eigenvalue weighted by Gasteiger charge is 2.15. The highest BCUT2D eigenvalue weighted by atomic mass is 79.9. The normalized spacial score (nSPS) is 11.4. The minimum atomic E-state index is 0.417. The van der Waals surface area contributed by atoms with Crippen LogP contribution in [-0.2, 0) is 20.6 Å². The van der Waals surface area contributed by atoms with Crippen LogP contribution in [0, 0.1) is 6.92 Å². The number of hydrogen-bond donors (Lipinski definition) is 1. The molecule has 6 heteroatoms. The molecule has 0 saturated carbocycles. The maximum absolute atomic E-state index is 5.70. The Morgan fingerprint density at radius 3 is 2.60 bits per heavy atom. The van der Waals surface area contributed by atoms with E-state index in [1.54, 1.807) is 0 Å². The molecule has 0 aliphatic carbocycles. The molecule has 0 saturated heterocycles. The molecule has 0 atom stereocenters. The van der Waals surface area contributed by atoms with Crippen LogP contribution in [0.5, 0.6) is 0 Å². The molecule has 0 radical (unpaired) electrons. The molecule has 2 aromatic heterocycles. The predicted octanol–water partition coefficient (Wildman–Crippen LogP) is 2.50. The van der Waals surface area contributed by atoms with Crippen LogP contribution < -0.4 is 5.73 Å². The molecule has 0 spiro atoms. The van der Waals surface area contributed by atoms with Gasteiger partial charge in [0, 0.05) is 19.7 Å². The van der Waals surface area contributed by atoms with Gasteiger partial charge in [0.05, 0.1) is 23.3 Å². The number of rotatable bonds is 2. The fraction of sp³-hybridized carbons (Fsp3) is 0.286.